The van der Waals surface area contributed by atoms with Gasteiger partial charge in [-0.15, -0.1) is 11.3 Å². The van der Waals surface area contributed by atoms with Gasteiger partial charge in [-0.05, 0) is 56.4 Å². The summed E-state index contributed by atoms with van der Waals surface area (Å²) in [6, 6.07) is 8.48. The lowest BCUT2D eigenvalue weighted by Gasteiger charge is -2.13. The topological polar surface area (TPSA) is 66.9 Å². The normalized spacial score (nSPS) is 12.3. The van der Waals surface area contributed by atoms with Gasteiger partial charge in [0.15, 0.2) is 4.77 Å². The maximum Gasteiger partial charge on any atom is 0.262 e. The van der Waals surface area contributed by atoms with Gasteiger partial charge in [0.1, 0.15) is 0 Å². The predicted octanol–water partition coefficient (Wildman–Crippen LogP) is 4.28. The van der Waals surface area contributed by atoms with Crippen LogP contribution in [-0.4, -0.2) is 15.5 Å². The zero-order valence-corrected chi connectivity index (χ0v) is 16.0. The highest BCUT2D eigenvalue weighted by atomic mass is 35.5. The van der Waals surface area contributed by atoms with E-state index in [9.17, 15) is 9.59 Å². The van der Waals surface area contributed by atoms with E-state index in [1.165, 1.54) is 15.9 Å². The van der Waals surface area contributed by atoms with Crippen LogP contribution in [0.4, 0.5) is 0 Å². The first-order chi connectivity index (χ1) is 11.9. The summed E-state index contributed by atoms with van der Waals surface area (Å²) in [4.78, 5) is 28.9. The highest BCUT2D eigenvalue weighted by molar-refractivity contribution is 7.71. The molecule has 0 fully saturated rings. The van der Waals surface area contributed by atoms with Crippen LogP contribution in [0.25, 0.3) is 10.9 Å². The van der Waals surface area contributed by atoms with Crippen LogP contribution in [0.1, 0.15) is 35.1 Å². The summed E-state index contributed by atoms with van der Waals surface area (Å²) >= 11 is 12.6. The fraction of sp³-hybridized carbons (Fsp3) is 0.235. The number of nitrogens with zero attached hydrogens (tertiary/aromatic N) is 1. The van der Waals surface area contributed by atoms with Crippen molar-refractivity contribution < 1.29 is 4.79 Å². The third-order valence-corrected chi connectivity index (χ3v) is 5.66. The highest BCUT2D eigenvalue weighted by Gasteiger charge is 2.14. The fourth-order valence-corrected chi connectivity index (χ4v) is 3.98. The van der Waals surface area contributed by atoms with E-state index in [4.69, 9.17) is 23.8 Å². The van der Waals surface area contributed by atoms with Crippen molar-refractivity contribution in [1.82, 2.24) is 14.9 Å². The van der Waals surface area contributed by atoms with Gasteiger partial charge in [0.25, 0.3) is 11.5 Å². The van der Waals surface area contributed by atoms with E-state index in [0.717, 1.165) is 4.88 Å². The van der Waals surface area contributed by atoms with Gasteiger partial charge in [-0.25, -0.2) is 0 Å². The van der Waals surface area contributed by atoms with Crippen LogP contribution >= 0.6 is 35.2 Å². The fourth-order valence-electron chi connectivity index (χ4n) is 2.60. The van der Waals surface area contributed by atoms with Crippen LogP contribution in [0.15, 0.2) is 35.1 Å². The summed E-state index contributed by atoms with van der Waals surface area (Å²) < 4.78 is 2.51. The average Bonchev–Trinajstić information content (AvgIpc) is 3.01. The van der Waals surface area contributed by atoms with Crippen molar-refractivity contribution >= 4 is 52.0 Å². The molecule has 0 spiro atoms. The molecule has 1 amide bonds. The molecule has 25 heavy (non-hydrogen) atoms. The summed E-state index contributed by atoms with van der Waals surface area (Å²) in [5, 5.41) is 3.44. The molecule has 0 saturated carbocycles. The smallest absolute Gasteiger partial charge is 0.262 e. The van der Waals surface area contributed by atoms with Crippen LogP contribution in [0.5, 0.6) is 0 Å². The summed E-state index contributed by atoms with van der Waals surface area (Å²) in [5.41, 5.74) is 0.857. The highest BCUT2D eigenvalue weighted by Crippen LogP contribution is 2.26. The minimum Gasteiger partial charge on any atom is -0.345 e. The number of carbonyl (C=O) groups is 1. The molecule has 2 N–H and O–H groups in total. The third kappa shape index (κ3) is 3.53. The van der Waals surface area contributed by atoms with Crippen LogP contribution in [-0.2, 0) is 6.54 Å². The van der Waals surface area contributed by atoms with Gasteiger partial charge in [-0.2, -0.15) is 0 Å². The minimum absolute atomic E-state index is 0.158. The molecule has 0 aliphatic carbocycles. The number of fused-ring (bicyclic) bond motifs is 1. The molecule has 130 valence electrons. The molecule has 0 aliphatic heterocycles. The number of aromatic amines is 1. The Balaban J connectivity index is 1.92. The second-order valence-electron chi connectivity index (χ2n) is 5.58. The number of nitrogens with one attached hydrogen (secondary N) is 2. The Morgan fingerprint density at radius 1 is 1.40 bits per heavy atom. The van der Waals surface area contributed by atoms with Gasteiger partial charge in [0, 0.05) is 17.0 Å². The van der Waals surface area contributed by atoms with Crippen LogP contribution in [0, 0.1) is 4.77 Å². The van der Waals surface area contributed by atoms with Crippen LogP contribution in [0.3, 0.4) is 0 Å². The van der Waals surface area contributed by atoms with E-state index >= 15 is 0 Å². The van der Waals surface area contributed by atoms with Crippen molar-refractivity contribution in [3.63, 3.8) is 0 Å². The second kappa shape index (κ2) is 7.11. The molecule has 0 aliphatic rings. The zero-order valence-electron chi connectivity index (χ0n) is 13.6. The Hall–Kier alpha value is -1.96. The number of H-pyrrole nitrogens is 1. The monoisotopic (exact) mass is 393 g/mol. The Kier molecular flexibility index (Phi) is 5.08. The molecular weight excluding hydrogens is 378 g/mol. The maximum absolute atomic E-state index is 12.5. The molecule has 0 radical (unpaired) electrons. The van der Waals surface area contributed by atoms with Crippen molar-refractivity contribution in [1.29, 1.82) is 0 Å². The zero-order chi connectivity index (χ0) is 18.1. The van der Waals surface area contributed by atoms with Crippen molar-refractivity contribution in [3.05, 3.63) is 60.2 Å². The number of halogens is 1. The SMILES string of the molecule is CCn1c(=S)[nH]c2cc(C(=O)NC(C)c3ccc(Cl)s3)ccc2c1=O. The van der Waals surface area contributed by atoms with Crippen LogP contribution < -0.4 is 10.9 Å². The lowest BCUT2D eigenvalue weighted by atomic mass is 10.1. The molecular formula is C17H16ClN3O2S2. The number of hydrogen-bond acceptors (Lipinski definition) is 4. The van der Waals surface area contributed by atoms with Gasteiger partial charge < -0.3 is 10.3 Å². The second-order valence-corrected chi connectivity index (χ2v) is 7.71. The van der Waals surface area contributed by atoms with E-state index < -0.39 is 0 Å². The molecule has 8 heteroatoms. The quantitative estimate of drug-likeness (QED) is 0.650. The number of carbonyl (C=O) groups excluding carboxylic acids is 1. The first-order valence-corrected chi connectivity index (χ1v) is 9.34. The molecule has 0 saturated heterocycles. The van der Waals surface area contributed by atoms with Crippen molar-refractivity contribution in [2.75, 3.05) is 0 Å². The largest absolute Gasteiger partial charge is 0.345 e. The Morgan fingerprint density at radius 2 is 2.16 bits per heavy atom. The van der Waals surface area contributed by atoms with E-state index in [1.807, 2.05) is 19.9 Å². The molecule has 1 atom stereocenters. The number of aromatic nitrogens is 2. The molecule has 3 rings (SSSR count). The van der Waals surface area contributed by atoms with E-state index in [2.05, 4.69) is 10.3 Å². The Bertz CT molecular complexity index is 1070. The molecule has 5 nitrogen and oxygen atoms in total. The number of thiophene rings is 1. The number of hydrogen-bond donors (Lipinski definition) is 2. The van der Waals surface area contributed by atoms with Gasteiger partial charge in [-0.1, -0.05) is 11.6 Å². The molecule has 1 unspecified atom stereocenters. The van der Waals surface area contributed by atoms with E-state index in [0.29, 0.717) is 32.1 Å². The summed E-state index contributed by atoms with van der Waals surface area (Å²) in [7, 11) is 0. The van der Waals surface area contributed by atoms with Gasteiger partial charge in [0.05, 0.1) is 21.3 Å². The Morgan fingerprint density at radius 3 is 2.80 bits per heavy atom. The average molecular weight is 394 g/mol. The summed E-state index contributed by atoms with van der Waals surface area (Å²) in [6.45, 7) is 4.25. The Labute approximate surface area is 158 Å². The van der Waals surface area contributed by atoms with Crippen molar-refractivity contribution in [2.24, 2.45) is 0 Å². The first-order valence-electron chi connectivity index (χ1n) is 7.73. The molecule has 2 heterocycles. The maximum atomic E-state index is 12.5. The van der Waals surface area contributed by atoms with E-state index in [1.54, 1.807) is 24.3 Å². The molecule has 0 bridgehead atoms. The summed E-state index contributed by atoms with van der Waals surface area (Å²) in [5.74, 6) is -0.224. The third-order valence-electron chi connectivity index (χ3n) is 3.93. The number of benzene rings is 1. The number of rotatable bonds is 4. The van der Waals surface area contributed by atoms with Crippen molar-refractivity contribution in [2.45, 2.75) is 26.4 Å². The van der Waals surface area contributed by atoms with Gasteiger partial charge in [-0.3, -0.25) is 14.2 Å². The minimum atomic E-state index is -0.224. The van der Waals surface area contributed by atoms with Gasteiger partial charge >= 0.3 is 0 Å². The van der Waals surface area contributed by atoms with Crippen LogP contribution in [0.2, 0.25) is 4.34 Å². The molecule has 3 aromatic rings. The van der Waals surface area contributed by atoms with Gasteiger partial charge in [0.2, 0.25) is 0 Å². The standard InChI is InChI=1S/C17H16ClN3O2S2/c1-3-21-16(23)11-5-4-10(8-12(11)20-17(21)24)15(22)19-9(2)13-6-7-14(18)25-13/h4-9H,3H2,1-2H3,(H,19,22)(H,20,24). The molecule has 1 aromatic carbocycles. The summed E-state index contributed by atoms with van der Waals surface area (Å²) in [6.07, 6.45) is 0. The number of amides is 1. The molecule has 2 aromatic heterocycles. The first kappa shape index (κ1) is 17.8. The van der Waals surface area contributed by atoms with E-state index in [-0.39, 0.29) is 17.5 Å². The lowest BCUT2D eigenvalue weighted by Crippen LogP contribution is -2.26. The lowest BCUT2D eigenvalue weighted by molar-refractivity contribution is 0.0940. The predicted molar refractivity (Wildman–Crippen MR) is 104 cm³/mol. The van der Waals surface area contributed by atoms with Crippen molar-refractivity contribution in [3.8, 4) is 0 Å².